The summed E-state index contributed by atoms with van der Waals surface area (Å²) in [5.74, 6) is -9.73. The second kappa shape index (κ2) is 8.87. The van der Waals surface area contributed by atoms with E-state index in [9.17, 15) is 44.3 Å². The zero-order chi connectivity index (χ0) is 28.5. The van der Waals surface area contributed by atoms with Gasteiger partial charge in [-0.3, -0.25) is 19.3 Å². The minimum Gasteiger partial charge on any atom is -0.508 e. The summed E-state index contributed by atoms with van der Waals surface area (Å²) in [6.07, 6.45) is -0.268. The van der Waals surface area contributed by atoms with E-state index in [-0.39, 0.29) is 16.7 Å². The number of nitrogens with zero attached hydrogens (tertiary/aromatic N) is 1. The third kappa shape index (κ3) is 3.54. The summed E-state index contributed by atoms with van der Waals surface area (Å²) in [6, 6.07) is 8.08. The van der Waals surface area contributed by atoms with Gasteiger partial charge >= 0.3 is 0 Å². The molecule has 0 radical (unpaired) electrons. The van der Waals surface area contributed by atoms with Crippen molar-refractivity contribution in [1.82, 2.24) is 4.90 Å². The number of aliphatic hydroxyl groups excluding tert-OH is 3. The SMILES string of the molecule is CN(C)C1C(=O)C(C(N)=O)=C(O)C2(O)C(=O)C3=C(O)c4c(O)cccc4/C(=C\c4ccc(F)cc4)C3C(O)C12. The number of aliphatic hydroxyl groups is 4. The van der Waals surface area contributed by atoms with E-state index in [1.807, 2.05) is 0 Å². The van der Waals surface area contributed by atoms with Crippen molar-refractivity contribution in [2.45, 2.75) is 17.7 Å². The Morgan fingerprint density at radius 3 is 2.31 bits per heavy atom. The van der Waals surface area contributed by atoms with Crippen molar-refractivity contribution in [3.63, 3.8) is 0 Å². The number of fused-ring (bicyclic) bond motifs is 3. The summed E-state index contributed by atoms with van der Waals surface area (Å²) in [6.45, 7) is 0. The molecule has 0 aromatic heterocycles. The maximum atomic E-state index is 14.1. The summed E-state index contributed by atoms with van der Waals surface area (Å²) in [4.78, 5) is 40.8. The Labute approximate surface area is 221 Å². The van der Waals surface area contributed by atoms with Gasteiger partial charge in [-0.25, -0.2) is 4.39 Å². The molecule has 1 amide bonds. The fraction of sp³-hybridized carbons (Fsp3) is 0.250. The summed E-state index contributed by atoms with van der Waals surface area (Å²) < 4.78 is 13.6. The number of amides is 1. The van der Waals surface area contributed by atoms with E-state index < -0.39 is 81.3 Å². The number of carbonyl (C=O) groups excluding carboxylic acids is 3. The van der Waals surface area contributed by atoms with Gasteiger partial charge in [0.15, 0.2) is 11.4 Å². The standard InChI is InChI=1S/C28H25FN2O8/c1-31(2)21-20-23(34)17-14(10-11-6-8-12(29)9-7-11)13-4-3-5-15(32)16(13)22(33)18(17)25(36)28(20,39)26(37)19(24(21)35)27(30)38/h3-10,17,20-21,23,32-34,37,39H,1-2H3,(H2,30,38)/b14-10+. The first-order chi connectivity index (χ1) is 18.3. The van der Waals surface area contributed by atoms with Crippen molar-refractivity contribution < 1.29 is 44.3 Å². The van der Waals surface area contributed by atoms with Crippen LogP contribution in [-0.4, -0.2) is 79.7 Å². The molecule has 10 nitrogen and oxygen atoms in total. The van der Waals surface area contributed by atoms with Crippen LogP contribution in [0.25, 0.3) is 17.4 Å². The molecule has 5 atom stereocenters. The van der Waals surface area contributed by atoms with Gasteiger partial charge in [0.25, 0.3) is 5.91 Å². The minimum atomic E-state index is -3.02. The van der Waals surface area contributed by atoms with Crippen molar-refractivity contribution in [3.8, 4) is 5.75 Å². The Bertz CT molecular complexity index is 1540. The molecular weight excluding hydrogens is 511 g/mol. The van der Waals surface area contributed by atoms with Gasteiger partial charge in [-0.15, -0.1) is 0 Å². The van der Waals surface area contributed by atoms with E-state index in [0.29, 0.717) is 5.56 Å². The average molecular weight is 537 g/mol. The third-order valence-electron chi connectivity index (χ3n) is 7.72. The number of halogens is 1. The molecule has 2 aromatic rings. The lowest BCUT2D eigenvalue weighted by Gasteiger charge is -2.53. The van der Waals surface area contributed by atoms with Crippen LogP contribution in [0.2, 0.25) is 0 Å². The van der Waals surface area contributed by atoms with Crippen LogP contribution in [0.3, 0.4) is 0 Å². The molecule has 11 heteroatoms. The molecule has 5 rings (SSSR count). The summed E-state index contributed by atoms with van der Waals surface area (Å²) in [5, 5.41) is 56.4. The van der Waals surface area contributed by atoms with Crippen LogP contribution in [0.1, 0.15) is 16.7 Å². The molecule has 3 aliphatic rings. The molecule has 202 valence electrons. The van der Waals surface area contributed by atoms with Crippen LogP contribution in [0.5, 0.6) is 5.75 Å². The molecule has 0 saturated heterocycles. The lowest BCUT2D eigenvalue weighted by molar-refractivity contribution is -0.166. The van der Waals surface area contributed by atoms with Crippen LogP contribution in [0.4, 0.5) is 4.39 Å². The molecule has 2 aromatic carbocycles. The second-order valence-electron chi connectivity index (χ2n) is 10.1. The molecule has 0 bridgehead atoms. The number of nitrogens with two attached hydrogens (primary N) is 1. The van der Waals surface area contributed by atoms with Gasteiger partial charge in [-0.1, -0.05) is 30.3 Å². The number of phenolic OH excluding ortho intramolecular Hbond substituents is 1. The second-order valence-corrected chi connectivity index (χ2v) is 10.1. The average Bonchev–Trinajstić information content (AvgIpc) is 2.86. The zero-order valence-electron chi connectivity index (χ0n) is 20.8. The number of aromatic hydroxyl groups is 1. The fourth-order valence-electron chi connectivity index (χ4n) is 6.05. The topological polar surface area (TPSA) is 182 Å². The first-order valence-electron chi connectivity index (χ1n) is 11.9. The third-order valence-corrected chi connectivity index (χ3v) is 7.72. The van der Waals surface area contributed by atoms with Gasteiger partial charge in [0, 0.05) is 5.92 Å². The number of hydrogen-bond donors (Lipinski definition) is 6. The van der Waals surface area contributed by atoms with E-state index >= 15 is 0 Å². The molecule has 0 heterocycles. The Morgan fingerprint density at radius 1 is 1.08 bits per heavy atom. The molecule has 5 unspecified atom stereocenters. The highest BCUT2D eigenvalue weighted by atomic mass is 19.1. The molecular formula is C28H25FN2O8. The van der Waals surface area contributed by atoms with Gasteiger partial charge in [0.2, 0.25) is 5.78 Å². The fourth-order valence-corrected chi connectivity index (χ4v) is 6.05. The van der Waals surface area contributed by atoms with Crippen LogP contribution in [0.15, 0.2) is 59.4 Å². The molecule has 1 saturated carbocycles. The number of benzene rings is 2. The summed E-state index contributed by atoms with van der Waals surface area (Å²) >= 11 is 0. The van der Waals surface area contributed by atoms with Crippen LogP contribution >= 0.6 is 0 Å². The van der Waals surface area contributed by atoms with E-state index in [4.69, 9.17) is 5.73 Å². The lowest BCUT2D eigenvalue weighted by Crippen LogP contribution is -2.70. The lowest BCUT2D eigenvalue weighted by atomic mass is 9.55. The summed E-state index contributed by atoms with van der Waals surface area (Å²) in [5.41, 5.74) is 1.50. The van der Waals surface area contributed by atoms with Crippen molar-refractivity contribution in [3.05, 3.63) is 81.9 Å². The summed E-state index contributed by atoms with van der Waals surface area (Å²) in [7, 11) is 2.85. The Morgan fingerprint density at radius 2 is 1.72 bits per heavy atom. The Kier molecular flexibility index (Phi) is 5.98. The van der Waals surface area contributed by atoms with Crippen molar-refractivity contribution in [1.29, 1.82) is 0 Å². The number of primary amides is 1. The molecule has 0 aliphatic heterocycles. The van der Waals surface area contributed by atoms with Gasteiger partial charge in [0.1, 0.15) is 28.7 Å². The number of phenols is 1. The first-order valence-corrected chi connectivity index (χ1v) is 11.9. The predicted molar refractivity (Wildman–Crippen MR) is 136 cm³/mol. The van der Waals surface area contributed by atoms with Gasteiger partial charge in [-0.2, -0.15) is 0 Å². The normalized spacial score (nSPS) is 29.4. The highest BCUT2D eigenvalue weighted by Crippen LogP contribution is 2.56. The smallest absolute Gasteiger partial charge is 0.255 e. The van der Waals surface area contributed by atoms with Gasteiger partial charge < -0.3 is 31.3 Å². The Hall–Kier alpha value is -4.32. The monoisotopic (exact) mass is 536 g/mol. The maximum Gasteiger partial charge on any atom is 0.255 e. The first kappa shape index (κ1) is 26.3. The van der Waals surface area contributed by atoms with E-state index in [2.05, 4.69) is 0 Å². The number of rotatable bonds is 3. The van der Waals surface area contributed by atoms with E-state index in [0.717, 1.165) is 0 Å². The van der Waals surface area contributed by atoms with Crippen molar-refractivity contribution in [2.24, 2.45) is 17.6 Å². The van der Waals surface area contributed by atoms with Crippen LogP contribution in [0, 0.1) is 17.7 Å². The zero-order valence-corrected chi connectivity index (χ0v) is 20.8. The van der Waals surface area contributed by atoms with Crippen LogP contribution in [-0.2, 0) is 14.4 Å². The highest BCUT2D eigenvalue weighted by Gasteiger charge is 2.68. The van der Waals surface area contributed by atoms with Gasteiger partial charge in [-0.05, 0) is 49.0 Å². The van der Waals surface area contributed by atoms with Crippen LogP contribution < -0.4 is 5.73 Å². The number of hydrogen-bond acceptors (Lipinski definition) is 9. The molecule has 7 N–H and O–H groups in total. The van der Waals surface area contributed by atoms with Gasteiger partial charge in [0.05, 0.1) is 29.2 Å². The predicted octanol–water partition coefficient (Wildman–Crippen LogP) is 1.07. The number of likely N-dealkylation sites (N-methyl/N-ethyl adjacent to an activating group) is 1. The molecule has 39 heavy (non-hydrogen) atoms. The van der Waals surface area contributed by atoms with E-state index in [1.54, 1.807) is 0 Å². The maximum absolute atomic E-state index is 14.1. The van der Waals surface area contributed by atoms with E-state index in [1.165, 1.54) is 67.5 Å². The quantitative estimate of drug-likeness (QED) is 0.313. The number of ketones is 2. The number of Topliss-reactive ketones (excluding diaryl/α,β-unsaturated/α-hetero) is 2. The van der Waals surface area contributed by atoms with Crippen molar-refractivity contribution in [2.75, 3.05) is 14.1 Å². The van der Waals surface area contributed by atoms with Crippen molar-refractivity contribution >= 4 is 34.9 Å². The Balaban J connectivity index is 1.86. The molecule has 1 fully saturated rings. The molecule has 3 aliphatic carbocycles. The minimum absolute atomic E-state index is 0.172. The molecule has 0 spiro atoms. The number of carbonyl (C=O) groups is 3. The largest absolute Gasteiger partial charge is 0.508 e. The highest BCUT2D eigenvalue weighted by molar-refractivity contribution is 6.25.